The van der Waals surface area contributed by atoms with E-state index in [-0.39, 0.29) is 40.2 Å². The number of rotatable bonds is 6. The molecule has 0 bridgehead atoms. The van der Waals surface area contributed by atoms with Gasteiger partial charge in [-0.3, -0.25) is 9.59 Å². The van der Waals surface area contributed by atoms with Crippen molar-refractivity contribution in [3.05, 3.63) is 27.7 Å². The van der Waals surface area contributed by atoms with Crippen LogP contribution in [-0.2, 0) is 9.53 Å². The molecule has 0 aromatic heterocycles. The van der Waals surface area contributed by atoms with Crippen LogP contribution in [0, 0.1) is 0 Å². The number of hydrogen-bond acceptors (Lipinski definition) is 4. The van der Waals surface area contributed by atoms with Crippen LogP contribution in [0.5, 0.6) is 5.75 Å². The molecule has 1 amide bonds. The molecule has 5 nitrogen and oxygen atoms in total. The van der Waals surface area contributed by atoms with Crippen LogP contribution in [0.25, 0.3) is 0 Å². The Hall–Kier alpha value is -1.30. The first-order valence-electron chi connectivity index (χ1n) is 6.99. The van der Waals surface area contributed by atoms with Gasteiger partial charge in [0.1, 0.15) is 5.02 Å². The van der Waals surface area contributed by atoms with Gasteiger partial charge in [-0.05, 0) is 31.9 Å². The third-order valence-corrected chi connectivity index (χ3v) is 4.11. The number of nitrogens with one attached hydrogen (secondary N) is 1. The van der Waals surface area contributed by atoms with Crippen molar-refractivity contribution in [3.8, 4) is 5.75 Å². The Morgan fingerprint density at radius 2 is 2.18 bits per heavy atom. The zero-order valence-electron chi connectivity index (χ0n) is 12.2. The molecule has 1 aromatic rings. The maximum Gasteiger partial charge on any atom is 0.258 e. The van der Waals surface area contributed by atoms with E-state index < -0.39 is 0 Å². The minimum Gasteiger partial charge on any atom is -0.481 e. The smallest absolute Gasteiger partial charge is 0.258 e. The van der Waals surface area contributed by atoms with E-state index in [1.165, 1.54) is 19.1 Å². The number of ketones is 1. The average molecular weight is 346 g/mol. The van der Waals surface area contributed by atoms with Crippen LogP contribution in [0.15, 0.2) is 12.1 Å². The first kappa shape index (κ1) is 17.1. The van der Waals surface area contributed by atoms with Crippen molar-refractivity contribution in [2.24, 2.45) is 0 Å². The second-order valence-corrected chi connectivity index (χ2v) is 5.81. The molecule has 1 aliphatic rings. The van der Waals surface area contributed by atoms with E-state index in [0.29, 0.717) is 12.1 Å². The van der Waals surface area contributed by atoms with Gasteiger partial charge in [-0.25, -0.2) is 0 Å². The third kappa shape index (κ3) is 4.35. The van der Waals surface area contributed by atoms with E-state index in [1.54, 1.807) is 0 Å². The van der Waals surface area contributed by atoms with Crippen molar-refractivity contribution < 1.29 is 19.1 Å². The topological polar surface area (TPSA) is 64.6 Å². The summed E-state index contributed by atoms with van der Waals surface area (Å²) in [5, 5.41) is 3.12. The van der Waals surface area contributed by atoms with E-state index in [1.807, 2.05) is 0 Å². The van der Waals surface area contributed by atoms with E-state index in [4.69, 9.17) is 32.7 Å². The molecule has 0 aliphatic carbocycles. The van der Waals surface area contributed by atoms with Crippen molar-refractivity contribution in [2.45, 2.75) is 25.9 Å². The third-order valence-electron chi connectivity index (χ3n) is 3.33. The maximum atomic E-state index is 11.8. The minimum absolute atomic E-state index is 0.0616. The fraction of sp³-hybridized carbons (Fsp3) is 0.467. The SMILES string of the molecule is CC(=O)c1ccc(Cl)c(Cl)c1OCC(=O)NCC1CCCO1. The van der Waals surface area contributed by atoms with Gasteiger partial charge < -0.3 is 14.8 Å². The Morgan fingerprint density at radius 1 is 1.41 bits per heavy atom. The number of ether oxygens (including phenoxy) is 2. The summed E-state index contributed by atoms with van der Waals surface area (Å²) in [7, 11) is 0. The van der Waals surface area contributed by atoms with Gasteiger partial charge in [-0.1, -0.05) is 23.2 Å². The van der Waals surface area contributed by atoms with Crippen LogP contribution in [0.4, 0.5) is 0 Å². The monoisotopic (exact) mass is 345 g/mol. The summed E-state index contributed by atoms with van der Waals surface area (Å²) in [6.07, 6.45) is 2.01. The lowest BCUT2D eigenvalue weighted by molar-refractivity contribution is -0.123. The van der Waals surface area contributed by atoms with Crippen molar-refractivity contribution in [1.29, 1.82) is 0 Å². The summed E-state index contributed by atoms with van der Waals surface area (Å²) >= 11 is 12.0. The Bertz CT molecular complexity index is 571. The summed E-state index contributed by atoms with van der Waals surface area (Å²) in [4.78, 5) is 23.4. The highest BCUT2D eigenvalue weighted by Crippen LogP contribution is 2.35. The fourth-order valence-electron chi connectivity index (χ4n) is 2.17. The fourth-order valence-corrected chi connectivity index (χ4v) is 2.54. The molecule has 120 valence electrons. The molecule has 1 atom stereocenters. The molecule has 1 aromatic carbocycles. The first-order valence-corrected chi connectivity index (χ1v) is 7.74. The molecule has 7 heteroatoms. The molecule has 22 heavy (non-hydrogen) atoms. The standard InChI is InChI=1S/C15H17Cl2NO4/c1-9(19)11-4-5-12(16)14(17)15(11)22-8-13(20)18-7-10-3-2-6-21-10/h4-5,10H,2-3,6-8H2,1H3,(H,18,20). The number of carbonyl (C=O) groups is 2. The molecule has 1 aliphatic heterocycles. The lowest BCUT2D eigenvalue weighted by atomic mass is 10.1. The molecule has 1 fully saturated rings. The number of benzene rings is 1. The second-order valence-electron chi connectivity index (χ2n) is 5.02. The Balaban J connectivity index is 1.94. The van der Waals surface area contributed by atoms with E-state index in [2.05, 4.69) is 5.32 Å². The summed E-state index contributed by atoms with van der Waals surface area (Å²) in [6, 6.07) is 3.04. The molecule has 0 spiro atoms. The highest BCUT2D eigenvalue weighted by Gasteiger charge is 2.18. The van der Waals surface area contributed by atoms with Gasteiger partial charge in [0.05, 0.1) is 16.7 Å². The zero-order chi connectivity index (χ0) is 16.1. The average Bonchev–Trinajstić information content (AvgIpc) is 2.99. The highest BCUT2D eigenvalue weighted by molar-refractivity contribution is 6.43. The second kappa shape index (κ2) is 7.81. The van der Waals surface area contributed by atoms with Crippen LogP contribution >= 0.6 is 23.2 Å². The van der Waals surface area contributed by atoms with Crippen LogP contribution in [0.2, 0.25) is 10.0 Å². The number of carbonyl (C=O) groups excluding carboxylic acids is 2. The van der Waals surface area contributed by atoms with Crippen LogP contribution in [0.3, 0.4) is 0 Å². The van der Waals surface area contributed by atoms with Gasteiger partial charge in [0.25, 0.3) is 5.91 Å². The minimum atomic E-state index is -0.305. The molecule has 1 unspecified atom stereocenters. The van der Waals surface area contributed by atoms with E-state index >= 15 is 0 Å². The lowest BCUT2D eigenvalue weighted by Gasteiger charge is -2.14. The predicted octanol–water partition coefficient (Wildman–Crippen LogP) is 2.87. The number of Topliss-reactive ketones (excluding diaryl/α,β-unsaturated/α-hetero) is 1. The Labute approximate surface area is 138 Å². The molecular weight excluding hydrogens is 329 g/mol. The molecule has 1 N–H and O–H groups in total. The van der Waals surface area contributed by atoms with E-state index in [9.17, 15) is 9.59 Å². The predicted molar refractivity (Wildman–Crippen MR) is 83.9 cm³/mol. The van der Waals surface area contributed by atoms with E-state index in [0.717, 1.165) is 19.4 Å². The summed E-state index contributed by atoms with van der Waals surface area (Å²) in [5.74, 6) is -0.386. The van der Waals surface area contributed by atoms with Crippen molar-refractivity contribution in [1.82, 2.24) is 5.32 Å². The summed E-state index contributed by atoms with van der Waals surface area (Å²) in [6.45, 7) is 2.33. The number of hydrogen-bond donors (Lipinski definition) is 1. The quantitative estimate of drug-likeness (QED) is 0.805. The largest absolute Gasteiger partial charge is 0.481 e. The van der Waals surface area contributed by atoms with Gasteiger partial charge in [0.15, 0.2) is 18.1 Å². The Kier molecular flexibility index (Phi) is 6.06. The van der Waals surface area contributed by atoms with Crippen LogP contribution < -0.4 is 10.1 Å². The summed E-state index contributed by atoms with van der Waals surface area (Å²) < 4.78 is 10.8. The number of halogens is 2. The van der Waals surface area contributed by atoms with Gasteiger partial charge >= 0.3 is 0 Å². The van der Waals surface area contributed by atoms with Gasteiger partial charge in [-0.15, -0.1) is 0 Å². The molecule has 1 saturated heterocycles. The molecule has 0 saturated carbocycles. The molecular formula is C15H17Cl2NO4. The zero-order valence-corrected chi connectivity index (χ0v) is 13.7. The normalized spacial score (nSPS) is 17.3. The van der Waals surface area contributed by atoms with Gasteiger partial charge in [0.2, 0.25) is 0 Å². The molecule has 1 heterocycles. The Morgan fingerprint density at radius 3 is 2.82 bits per heavy atom. The maximum absolute atomic E-state index is 11.8. The molecule has 2 rings (SSSR count). The number of amides is 1. The van der Waals surface area contributed by atoms with Crippen LogP contribution in [-0.4, -0.2) is 37.6 Å². The van der Waals surface area contributed by atoms with Gasteiger partial charge in [0, 0.05) is 13.2 Å². The van der Waals surface area contributed by atoms with Crippen molar-refractivity contribution in [3.63, 3.8) is 0 Å². The highest BCUT2D eigenvalue weighted by atomic mass is 35.5. The lowest BCUT2D eigenvalue weighted by Crippen LogP contribution is -2.35. The van der Waals surface area contributed by atoms with Gasteiger partial charge in [-0.2, -0.15) is 0 Å². The molecule has 0 radical (unpaired) electrons. The van der Waals surface area contributed by atoms with Crippen molar-refractivity contribution >= 4 is 34.9 Å². The first-order chi connectivity index (χ1) is 10.5. The summed E-state index contributed by atoms with van der Waals surface area (Å²) in [5.41, 5.74) is 0.293. The van der Waals surface area contributed by atoms with Crippen molar-refractivity contribution in [2.75, 3.05) is 19.8 Å². The van der Waals surface area contributed by atoms with Crippen LogP contribution in [0.1, 0.15) is 30.1 Å².